The van der Waals surface area contributed by atoms with Crippen molar-refractivity contribution in [2.24, 2.45) is 0 Å². The Morgan fingerprint density at radius 3 is 2.56 bits per heavy atom. The van der Waals surface area contributed by atoms with Crippen LogP contribution in [0.4, 0.5) is 17.6 Å². The summed E-state index contributed by atoms with van der Waals surface area (Å²) < 4.78 is 59.4. The fraction of sp³-hybridized carbons (Fsp3) is 0.458. The van der Waals surface area contributed by atoms with Gasteiger partial charge in [0.1, 0.15) is 29.9 Å². The predicted molar refractivity (Wildman–Crippen MR) is 122 cm³/mol. The number of fused-ring (bicyclic) bond motifs is 1. The fourth-order valence-corrected chi connectivity index (χ4v) is 3.73. The van der Waals surface area contributed by atoms with Crippen LogP contribution in [-0.2, 0) is 6.61 Å². The number of nitrogens with one attached hydrogen (secondary N) is 1. The van der Waals surface area contributed by atoms with Crippen LogP contribution < -0.4 is 10.1 Å². The molecule has 3 rings (SSSR count). The third-order valence-corrected chi connectivity index (χ3v) is 5.68. The van der Waals surface area contributed by atoms with Crippen molar-refractivity contribution < 1.29 is 37.3 Å². The Balaban J connectivity index is 1.88. The monoisotopic (exact) mass is 512 g/mol. The molecule has 3 heterocycles. The number of alkyl halides is 3. The largest absolute Gasteiger partial charge is 0.483 e. The third-order valence-electron chi connectivity index (χ3n) is 5.68. The van der Waals surface area contributed by atoms with Crippen LogP contribution in [0.5, 0.6) is 5.75 Å². The second kappa shape index (κ2) is 10.4. The number of aliphatic hydroxyl groups excluding tert-OH is 1. The molecule has 0 saturated heterocycles. The van der Waals surface area contributed by atoms with Gasteiger partial charge in [0.15, 0.2) is 11.4 Å². The SMILES string of the molecule is Cc1cc(OCc2ncccc2F)c2nc(C)c(C(=O)NC(CCC(O)C(F)(F)F)C(C)(C)O)n2c1. The van der Waals surface area contributed by atoms with E-state index in [4.69, 9.17) is 4.74 Å². The molecule has 0 fully saturated rings. The molecule has 36 heavy (non-hydrogen) atoms. The Kier molecular flexibility index (Phi) is 7.89. The normalized spacial score (nSPS) is 14.1. The van der Waals surface area contributed by atoms with Crippen molar-refractivity contribution in [2.45, 2.75) is 71.1 Å². The number of carbonyl (C=O) groups excluding carboxylic acids is 1. The minimum atomic E-state index is -4.81. The number of nitrogens with zero attached hydrogens (tertiary/aromatic N) is 3. The fourth-order valence-electron chi connectivity index (χ4n) is 3.73. The molecule has 1 amide bonds. The van der Waals surface area contributed by atoms with Gasteiger partial charge in [-0.05, 0) is 64.3 Å². The molecular weight excluding hydrogens is 484 g/mol. The van der Waals surface area contributed by atoms with Gasteiger partial charge in [0.2, 0.25) is 0 Å². The zero-order valence-corrected chi connectivity index (χ0v) is 20.2. The van der Waals surface area contributed by atoms with E-state index in [2.05, 4.69) is 15.3 Å². The third kappa shape index (κ3) is 6.30. The highest BCUT2D eigenvalue weighted by Gasteiger charge is 2.39. The predicted octanol–water partition coefficient (Wildman–Crippen LogP) is 3.64. The number of pyridine rings is 2. The van der Waals surface area contributed by atoms with E-state index in [1.165, 1.54) is 36.6 Å². The summed E-state index contributed by atoms with van der Waals surface area (Å²) in [6.07, 6.45) is -5.35. The Bertz CT molecular complexity index is 1240. The van der Waals surface area contributed by atoms with Gasteiger partial charge in [-0.25, -0.2) is 9.37 Å². The lowest BCUT2D eigenvalue weighted by Crippen LogP contribution is -2.50. The first-order valence-electron chi connectivity index (χ1n) is 11.2. The first kappa shape index (κ1) is 27.3. The lowest BCUT2D eigenvalue weighted by molar-refractivity contribution is -0.206. The second-order valence-corrected chi connectivity index (χ2v) is 9.16. The molecule has 0 spiro atoms. The molecule has 0 aliphatic carbocycles. The zero-order valence-electron chi connectivity index (χ0n) is 20.2. The van der Waals surface area contributed by atoms with Gasteiger partial charge in [-0.3, -0.25) is 14.2 Å². The van der Waals surface area contributed by atoms with Crippen molar-refractivity contribution >= 4 is 11.6 Å². The molecule has 0 saturated carbocycles. The van der Waals surface area contributed by atoms with Crippen molar-refractivity contribution in [3.63, 3.8) is 0 Å². The van der Waals surface area contributed by atoms with E-state index in [1.54, 1.807) is 26.1 Å². The van der Waals surface area contributed by atoms with Gasteiger partial charge in [0, 0.05) is 12.4 Å². The Labute approximate surface area is 205 Å². The molecule has 3 aromatic rings. The summed E-state index contributed by atoms with van der Waals surface area (Å²) in [5.41, 5.74) is -0.131. The number of aliphatic hydroxyl groups is 2. The summed E-state index contributed by atoms with van der Waals surface area (Å²) in [5.74, 6) is -0.940. The summed E-state index contributed by atoms with van der Waals surface area (Å²) in [5, 5.41) is 22.4. The quantitative estimate of drug-likeness (QED) is 0.378. The van der Waals surface area contributed by atoms with Crippen LogP contribution in [0.1, 0.15) is 54.1 Å². The maximum absolute atomic E-state index is 13.9. The topological polar surface area (TPSA) is 109 Å². The van der Waals surface area contributed by atoms with Crippen LogP contribution in [0.15, 0.2) is 30.6 Å². The number of aryl methyl sites for hydroxylation is 2. The minimum Gasteiger partial charge on any atom is -0.483 e. The minimum absolute atomic E-state index is 0.0902. The Hall–Kier alpha value is -3.25. The highest BCUT2D eigenvalue weighted by molar-refractivity contribution is 5.95. The Morgan fingerprint density at radius 2 is 1.94 bits per heavy atom. The van der Waals surface area contributed by atoms with E-state index in [9.17, 15) is 32.6 Å². The maximum atomic E-state index is 13.9. The van der Waals surface area contributed by atoms with Crippen LogP contribution in [0.25, 0.3) is 5.65 Å². The van der Waals surface area contributed by atoms with Crippen molar-refractivity contribution in [1.82, 2.24) is 19.7 Å². The first-order valence-corrected chi connectivity index (χ1v) is 11.2. The molecule has 2 unspecified atom stereocenters. The highest BCUT2D eigenvalue weighted by atomic mass is 19.4. The molecule has 3 aromatic heterocycles. The average Bonchev–Trinajstić information content (AvgIpc) is 3.09. The average molecular weight is 513 g/mol. The van der Waals surface area contributed by atoms with Crippen LogP contribution in [0, 0.1) is 19.7 Å². The number of carbonyl (C=O) groups is 1. The van der Waals surface area contributed by atoms with E-state index in [0.29, 0.717) is 11.3 Å². The van der Waals surface area contributed by atoms with E-state index < -0.39 is 42.1 Å². The second-order valence-electron chi connectivity index (χ2n) is 9.16. The number of ether oxygens (including phenoxy) is 1. The van der Waals surface area contributed by atoms with Crippen molar-refractivity contribution in [3.8, 4) is 5.75 Å². The van der Waals surface area contributed by atoms with Crippen molar-refractivity contribution in [2.75, 3.05) is 0 Å². The number of amides is 1. The van der Waals surface area contributed by atoms with Crippen LogP contribution in [0.2, 0.25) is 0 Å². The Morgan fingerprint density at radius 1 is 1.25 bits per heavy atom. The summed E-state index contributed by atoms with van der Waals surface area (Å²) in [6.45, 7) is 5.86. The number of hydrogen-bond acceptors (Lipinski definition) is 6. The van der Waals surface area contributed by atoms with Gasteiger partial charge >= 0.3 is 6.18 Å². The molecule has 2 atom stereocenters. The lowest BCUT2D eigenvalue weighted by Gasteiger charge is -2.31. The molecule has 0 aromatic carbocycles. The maximum Gasteiger partial charge on any atom is 0.414 e. The molecule has 0 radical (unpaired) electrons. The lowest BCUT2D eigenvalue weighted by atomic mass is 9.93. The van der Waals surface area contributed by atoms with Crippen LogP contribution in [0.3, 0.4) is 0 Å². The van der Waals surface area contributed by atoms with Crippen molar-refractivity contribution in [1.29, 1.82) is 0 Å². The molecule has 3 N–H and O–H groups in total. The van der Waals surface area contributed by atoms with Crippen molar-refractivity contribution in [3.05, 3.63) is 59.1 Å². The summed E-state index contributed by atoms with van der Waals surface area (Å²) >= 11 is 0. The van der Waals surface area contributed by atoms with E-state index >= 15 is 0 Å². The van der Waals surface area contributed by atoms with Gasteiger partial charge in [0.05, 0.1) is 17.3 Å². The van der Waals surface area contributed by atoms with E-state index in [1.807, 2.05) is 0 Å². The standard InChI is InChI=1S/C24H28F4N4O4/c1-13-10-17(36-12-16-15(25)6-5-9-29-16)21-30-14(2)20(32(21)11-13)22(34)31-18(23(3,4)35)7-8-19(33)24(26,27)28/h5-6,9-11,18-19,33,35H,7-8,12H2,1-4H3,(H,31,34). The molecule has 0 bridgehead atoms. The number of rotatable bonds is 9. The van der Waals surface area contributed by atoms with Gasteiger partial charge in [0.25, 0.3) is 5.91 Å². The molecule has 0 aliphatic heterocycles. The highest BCUT2D eigenvalue weighted by Crippen LogP contribution is 2.27. The van der Waals surface area contributed by atoms with Gasteiger partial charge in [-0.1, -0.05) is 0 Å². The number of imidazole rings is 1. The summed E-state index contributed by atoms with van der Waals surface area (Å²) in [4.78, 5) is 21.6. The molecule has 8 nitrogen and oxygen atoms in total. The van der Waals surface area contributed by atoms with Crippen LogP contribution >= 0.6 is 0 Å². The summed E-state index contributed by atoms with van der Waals surface area (Å²) in [6, 6.07) is 3.28. The first-order chi connectivity index (χ1) is 16.7. The van der Waals surface area contributed by atoms with Crippen LogP contribution in [-0.4, -0.2) is 54.4 Å². The molecule has 196 valence electrons. The molecular formula is C24H28F4N4O4. The summed E-state index contributed by atoms with van der Waals surface area (Å²) in [7, 11) is 0. The number of hydrogen-bond donors (Lipinski definition) is 3. The van der Waals surface area contributed by atoms with Gasteiger partial charge in [-0.15, -0.1) is 0 Å². The number of aromatic nitrogens is 3. The van der Waals surface area contributed by atoms with E-state index in [-0.39, 0.29) is 35.8 Å². The molecule has 12 heteroatoms. The van der Waals surface area contributed by atoms with Gasteiger partial charge < -0.3 is 20.3 Å². The smallest absolute Gasteiger partial charge is 0.414 e. The number of halogens is 4. The molecule has 0 aliphatic rings. The zero-order chi connectivity index (χ0) is 26.8. The van der Waals surface area contributed by atoms with Gasteiger partial charge in [-0.2, -0.15) is 13.2 Å². The van der Waals surface area contributed by atoms with E-state index in [0.717, 1.165) is 0 Å².